The molecule has 0 radical (unpaired) electrons. The summed E-state index contributed by atoms with van der Waals surface area (Å²) in [7, 11) is 0.377. The molecule has 12 heavy (non-hydrogen) atoms. The van der Waals surface area contributed by atoms with Gasteiger partial charge in [0.15, 0.2) is 0 Å². The van der Waals surface area contributed by atoms with Crippen molar-refractivity contribution in [2.45, 2.75) is 19.6 Å². The van der Waals surface area contributed by atoms with Gasteiger partial charge in [0.05, 0.1) is 7.11 Å². The van der Waals surface area contributed by atoms with Gasteiger partial charge in [-0.2, -0.15) is 0 Å². The van der Waals surface area contributed by atoms with Crippen LogP contribution in [0.25, 0.3) is 0 Å². The molecule has 1 aromatic rings. The van der Waals surface area contributed by atoms with E-state index in [1.165, 1.54) is 5.32 Å². The lowest BCUT2D eigenvalue weighted by Gasteiger charge is -2.15. The summed E-state index contributed by atoms with van der Waals surface area (Å²) in [5.74, 6) is 0.718. The predicted molar refractivity (Wildman–Crippen MR) is 53.8 cm³/mol. The molecule has 0 atom stereocenters. The fourth-order valence-electron chi connectivity index (χ4n) is 0.946. The van der Waals surface area contributed by atoms with Crippen LogP contribution in [0.1, 0.15) is 0 Å². The third-order valence-corrected chi connectivity index (χ3v) is 3.52. The highest BCUT2D eigenvalue weighted by Crippen LogP contribution is 2.05. The van der Waals surface area contributed by atoms with Crippen LogP contribution in [-0.4, -0.2) is 20.2 Å². The minimum atomic E-state index is -1.27. The van der Waals surface area contributed by atoms with Crippen molar-refractivity contribution >= 4 is 13.4 Å². The van der Waals surface area contributed by atoms with Gasteiger partial charge >= 0.3 is 0 Å². The van der Waals surface area contributed by atoms with Crippen LogP contribution in [0.5, 0.6) is 5.88 Å². The third-order valence-electron chi connectivity index (χ3n) is 1.70. The molecule has 0 spiro atoms. The van der Waals surface area contributed by atoms with E-state index < -0.39 is 8.07 Å². The molecule has 1 heterocycles. The number of hydrogen-bond donors (Lipinski definition) is 0. The second-order valence-corrected chi connectivity index (χ2v) is 8.83. The highest BCUT2D eigenvalue weighted by atomic mass is 28.3. The van der Waals surface area contributed by atoms with Crippen molar-refractivity contribution in [2.24, 2.45) is 0 Å². The van der Waals surface area contributed by atoms with Gasteiger partial charge < -0.3 is 4.74 Å². The van der Waals surface area contributed by atoms with Gasteiger partial charge in [0.25, 0.3) is 0 Å². The average Bonchev–Trinajstić information content (AvgIpc) is 2.03. The quantitative estimate of drug-likeness (QED) is 0.647. The van der Waals surface area contributed by atoms with Crippen molar-refractivity contribution < 1.29 is 4.74 Å². The Morgan fingerprint density at radius 3 is 2.42 bits per heavy atom. The van der Waals surface area contributed by atoms with E-state index in [4.69, 9.17) is 4.74 Å². The van der Waals surface area contributed by atoms with E-state index in [2.05, 4.69) is 30.7 Å². The van der Waals surface area contributed by atoms with E-state index in [-0.39, 0.29) is 0 Å². The molecular formula is C9H15NOSi. The van der Waals surface area contributed by atoms with Crippen LogP contribution < -0.4 is 10.1 Å². The second-order valence-electron chi connectivity index (χ2n) is 3.82. The normalized spacial score (nSPS) is 11.3. The topological polar surface area (TPSA) is 22.1 Å². The summed E-state index contributed by atoms with van der Waals surface area (Å²) in [6, 6.07) is 5.96. The van der Waals surface area contributed by atoms with Crippen LogP contribution in [0.15, 0.2) is 18.2 Å². The Bertz CT molecular complexity index is 267. The van der Waals surface area contributed by atoms with Gasteiger partial charge in [-0.15, -0.1) is 0 Å². The van der Waals surface area contributed by atoms with E-state index in [1.54, 1.807) is 7.11 Å². The van der Waals surface area contributed by atoms with Crippen LogP contribution in [0.3, 0.4) is 0 Å². The summed E-state index contributed by atoms with van der Waals surface area (Å²) in [5.41, 5.74) is 0. The number of nitrogens with zero attached hydrogens (tertiary/aromatic N) is 1. The summed E-state index contributed by atoms with van der Waals surface area (Å²) < 4.78 is 5.06. The molecule has 0 saturated heterocycles. The lowest BCUT2D eigenvalue weighted by Crippen LogP contribution is -2.39. The summed E-state index contributed by atoms with van der Waals surface area (Å²) in [6.07, 6.45) is 0. The summed E-state index contributed by atoms with van der Waals surface area (Å²) >= 11 is 0. The van der Waals surface area contributed by atoms with Gasteiger partial charge in [-0.25, -0.2) is 4.98 Å². The molecule has 0 bridgehead atoms. The largest absolute Gasteiger partial charge is 0.481 e. The van der Waals surface area contributed by atoms with Crippen molar-refractivity contribution in [3.8, 4) is 5.88 Å². The van der Waals surface area contributed by atoms with Gasteiger partial charge in [0.1, 0.15) is 8.07 Å². The van der Waals surface area contributed by atoms with Crippen molar-refractivity contribution in [1.29, 1.82) is 0 Å². The molecule has 0 unspecified atom stereocenters. The van der Waals surface area contributed by atoms with E-state index in [1.807, 2.05) is 12.1 Å². The molecule has 0 aliphatic carbocycles. The molecule has 2 nitrogen and oxygen atoms in total. The number of methoxy groups -OCH3 is 1. The van der Waals surface area contributed by atoms with Crippen molar-refractivity contribution in [1.82, 2.24) is 4.98 Å². The van der Waals surface area contributed by atoms with Gasteiger partial charge in [0, 0.05) is 11.4 Å². The number of aromatic nitrogens is 1. The Hall–Kier alpha value is -0.833. The molecule has 0 aliphatic rings. The van der Waals surface area contributed by atoms with Gasteiger partial charge in [-0.3, -0.25) is 0 Å². The fourth-order valence-corrected chi connectivity index (χ4v) is 1.99. The zero-order valence-corrected chi connectivity index (χ0v) is 9.09. The third kappa shape index (κ3) is 2.07. The SMILES string of the molecule is COc1cccc([Si](C)(C)C)n1. The Balaban J connectivity index is 3.02. The molecule has 1 rings (SSSR count). The number of hydrogen-bond acceptors (Lipinski definition) is 2. The zero-order chi connectivity index (χ0) is 9.19. The monoisotopic (exact) mass is 181 g/mol. The van der Waals surface area contributed by atoms with Gasteiger partial charge in [-0.05, 0) is 6.07 Å². The predicted octanol–water partition coefficient (Wildman–Crippen LogP) is 1.64. The molecule has 0 N–H and O–H groups in total. The molecule has 0 saturated carbocycles. The molecule has 3 heteroatoms. The van der Waals surface area contributed by atoms with E-state index in [9.17, 15) is 0 Å². The van der Waals surface area contributed by atoms with E-state index in [0.717, 1.165) is 5.88 Å². The van der Waals surface area contributed by atoms with Crippen molar-refractivity contribution in [3.05, 3.63) is 18.2 Å². The molecular weight excluding hydrogens is 166 g/mol. The fraction of sp³-hybridized carbons (Fsp3) is 0.444. The standard InChI is InChI=1S/C9H15NOSi/c1-11-8-6-5-7-9(10-8)12(2,3)4/h5-7H,1-4H3. The van der Waals surface area contributed by atoms with Gasteiger partial charge in [0.2, 0.25) is 5.88 Å². The molecule has 0 fully saturated rings. The Kier molecular flexibility index (Phi) is 2.52. The number of rotatable bonds is 2. The van der Waals surface area contributed by atoms with Crippen LogP contribution in [0.2, 0.25) is 19.6 Å². The molecule has 0 amide bonds. The van der Waals surface area contributed by atoms with Crippen LogP contribution in [0, 0.1) is 0 Å². The lowest BCUT2D eigenvalue weighted by atomic mass is 10.5. The minimum Gasteiger partial charge on any atom is -0.481 e. The zero-order valence-electron chi connectivity index (χ0n) is 8.09. The maximum atomic E-state index is 5.06. The first kappa shape index (κ1) is 9.26. The highest BCUT2D eigenvalue weighted by Gasteiger charge is 2.18. The van der Waals surface area contributed by atoms with Crippen molar-refractivity contribution in [3.63, 3.8) is 0 Å². The summed E-state index contributed by atoms with van der Waals surface area (Å²) in [6.45, 7) is 6.82. The maximum Gasteiger partial charge on any atom is 0.212 e. The number of pyridine rings is 1. The van der Waals surface area contributed by atoms with Gasteiger partial charge in [-0.1, -0.05) is 25.7 Å². The maximum absolute atomic E-state index is 5.06. The smallest absolute Gasteiger partial charge is 0.212 e. The minimum absolute atomic E-state index is 0.718. The lowest BCUT2D eigenvalue weighted by molar-refractivity contribution is 0.399. The van der Waals surface area contributed by atoms with Crippen LogP contribution >= 0.6 is 0 Å². The number of ether oxygens (including phenoxy) is 1. The Labute approximate surface area is 74.6 Å². The van der Waals surface area contributed by atoms with Crippen LogP contribution in [-0.2, 0) is 0 Å². The van der Waals surface area contributed by atoms with E-state index >= 15 is 0 Å². The highest BCUT2D eigenvalue weighted by molar-refractivity contribution is 6.88. The molecule has 1 aromatic heterocycles. The first-order chi connectivity index (χ1) is 5.54. The second kappa shape index (κ2) is 3.27. The summed E-state index contributed by atoms with van der Waals surface area (Å²) in [4.78, 5) is 4.40. The molecule has 0 aromatic carbocycles. The summed E-state index contributed by atoms with van der Waals surface area (Å²) in [5, 5.41) is 1.20. The average molecular weight is 181 g/mol. The first-order valence-corrected chi connectivity index (χ1v) is 7.55. The molecule has 0 aliphatic heterocycles. The first-order valence-electron chi connectivity index (χ1n) is 4.05. The van der Waals surface area contributed by atoms with Crippen LogP contribution in [0.4, 0.5) is 0 Å². The molecule has 66 valence electrons. The van der Waals surface area contributed by atoms with E-state index in [0.29, 0.717) is 0 Å². The Morgan fingerprint density at radius 1 is 1.25 bits per heavy atom. The van der Waals surface area contributed by atoms with Crippen molar-refractivity contribution in [2.75, 3.05) is 7.11 Å². The Morgan fingerprint density at radius 2 is 1.92 bits per heavy atom.